The van der Waals surface area contributed by atoms with Gasteiger partial charge in [-0.05, 0) is 26.0 Å². The highest BCUT2D eigenvalue weighted by molar-refractivity contribution is 7.92. The molecule has 0 amide bonds. The third kappa shape index (κ3) is 2.49. The van der Waals surface area contributed by atoms with E-state index in [0.29, 0.717) is 0 Å². The van der Waals surface area contributed by atoms with Crippen LogP contribution in [0, 0.1) is 0 Å². The molecule has 0 aromatic heterocycles. The second-order valence-electron chi connectivity index (χ2n) is 5.65. The molecule has 2 fully saturated rings. The summed E-state index contributed by atoms with van der Waals surface area (Å²) in [5.41, 5.74) is -1.18. The lowest BCUT2D eigenvalue weighted by atomic mass is 10.2. The Labute approximate surface area is 123 Å². The first-order valence-corrected chi connectivity index (χ1v) is 8.31. The molecule has 0 radical (unpaired) electrons. The number of aliphatic hydroxyl groups excluding tert-OH is 1. The molecule has 2 saturated heterocycles. The number of benzene rings is 1. The molecule has 1 aromatic rings. The maximum absolute atomic E-state index is 12.7. The van der Waals surface area contributed by atoms with Crippen LogP contribution in [0.15, 0.2) is 35.2 Å². The maximum Gasteiger partial charge on any atom is 0.207 e. The summed E-state index contributed by atoms with van der Waals surface area (Å²) in [4.78, 5) is 0.167. The Bertz CT molecular complexity index is 612. The third-order valence-corrected chi connectivity index (χ3v) is 5.58. The highest BCUT2D eigenvalue weighted by atomic mass is 32.2. The van der Waals surface area contributed by atoms with Crippen molar-refractivity contribution in [2.24, 2.45) is 0 Å². The summed E-state index contributed by atoms with van der Waals surface area (Å²) in [6.07, 6.45) is -2.05. The standard InChI is InChI=1S/C14H18O6S/c1-14(2)19-11-10(8-15)18-13(12(11)20-14)21(16,17)9-6-4-3-5-7-9/h3-7,10-13,15H,8H2,1-2H3. The predicted octanol–water partition coefficient (Wildman–Crippen LogP) is 0.698. The largest absolute Gasteiger partial charge is 0.394 e. The zero-order valence-electron chi connectivity index (χ0n) is 11.8. The van der Waals surface area contributed by atoms with Crippen molar-refractivity contribution in [3.05, 3.63) is 30.3 Å². The lowest BCUT2D eigenvalue weighted by Gasteiger charge is -2.23. The quantitative estimate of drug-likeness (QED) is 0.884. The second kappa shape index (κ2) is 5.03. The summed E-state index contributed by atoms with van der Waals surface area (Å²) in [7, 11) is -3.72. The Hall–Kier alpha value is -0.990. The zero-order valence-corrected chi connectivity index (χ0v) is 12.6. The van der Waals surface area contributed by atoms with Crippen molar-refractivity contribution in [1.82, 2.24) is 0 Å². The molecule has 1 N–H and O–H groups in total. The van der Waals surface area contributed by atoms with Crippen LogP contribution in [0.2, 0.25) is 0 Å². The number of fused-ring (bicyclic) bond motifs is 1. The monoisotopic (exact) mass is 314 g/mol. The fraction of sp³-hybridized carbons (Fsp3) is 0.571. The van der Waals surface area contributed by atoms with Crippen LogP contribution in [0.25, 0.3) is 0 Å². The molecule has 3 rings (SSSR count). The Morgan fingerprint density at radius 1 is 1.14 bits per heavy atom. The van der Waals surface area contributed by atoms with Crippen LogP contribution < -0.4 is 0 Å². The summed E-state index contributed by atoms with van der Waals surface area (Å²) in [5.74, 6) is -0.892. The van der Waals surface area contributed by atoms with Crippen molar-refractivity contribution in [3.8, 4) is 0 Å². The molecule has 21 heavy (non-hydrogen) atoms. The molecule has 0 saturated carbocycles. The smallest absolute Gasteiger partial charge is 0.207 e. The zero-order chi connectivity index (χ0) is 15.3. The molecule has 0 spiro atoms. The van der Waals surface area contributed by atoms with Gasteiger partial charge in [0.1, 0.15) is 18.3 Å². The van der Waals surface area contributed by atoms with Crippen molar-refractivity contribution >= 4 is 9.84 Å². The van der Waals surface area contributed by atoms with Gasteiger partial charge >= 0.3 is 0 Å². The van der Waals surface area contributed by atoms with E-state index in [1.165, 1.54) is 12.1 Å². The lowest BCUT2D eigenvalue weighted by molar-refractivity contribution is -0.181. The minimum Gasteiger partial charge on any atom is -0.394 e. The van der Waals surface area contributed by atoms with Gasteiger partial charge in [0.05, 0.1) is 11.5 Å². The predicted molar refractivity (Wildman–Crippen MR) is 73.2 cm³/mol. The Morgan fingerprint density at radius 2 is 1.76 bits per heavy atom. The molecule has 4 unspecified atom stereocenters. The van der Waals surface area contributed by atoms with Crippen LogP contribution in [0.3, 0.4) is 0 Å². The van der Waals surface area contributed by atoms with E-state index in [1.54, 1.807) is 32.0 Å². The Kier molecular flexibility index (Phi) is 3.58. The summed E-state index contributed by atoms with van der Waals surface area (Å²) < 4.78 is 42.3. The van der Waals surface area contributed by atoms with Gasteiger partial charge in [0.15, 0.2) is 11.2 Å². The van der Waals surface area contributed by atoms with Crippen LogP contribution in [0.1, 0.15) is 13.8 Å². The number of aliphatic hydroxyl groups is 1. The molecule has 2 heterocycles. The summed E-state index contributed by atoms with van der Waals surface area (Å²) in [6.45, 7) is 3.11. The van der Waals surface area contributed by atoms with E-state index < -0.39 is 39.4 Å². The van der Waals surface area contributed by atoms with Crippen molar-refractivity contribution in [1.29, 1.82) is 0 Å². The average molecular weight is 314 g/mol. The molecule has 6 nitrogen and oxygen atoms in total. The second-order valence-corrected chi connectivity index (χ2v) is 7.67. The van der Waals surface area contributed by atoms with E-state index in [1.807, 2.05) is 0 Å². The molecule has 116 valence electrons. The van der Waals surface area contributed by atoms with E-state index in [9.17, 15) is 13.5 Å². The van der Waals surface area contributed by atoms with E-state index in [0.717, 1.165) is 0 Å². The molecule has 2 aliphatic rings. The van der Waals surface area contributed by atoms with E-state index in [4.69, 9.17) is 14.2 Å². The summed E-state index contributed by atoms with van der Waals surface area (Å²) in [5, 5.41) is 9.38. The SMILES string of the molecule is CC1(C)OC2C(CO)OC(S(=O)(=O)c3ccccc3)C2O1. The highest BCUT2D eigenvalue weighted by Crippen LogP contribution is 2.41. The molecule has 2 aliphatic heterocycles. The topological polar surface area (TPSA) is 82.1 Å². The number of hydrogen-bond donors (Lipinski definition) is 1. The molecule has 1 aromatic carbocycles. The first-order chi connectivity index (χ1) is 9.85. The van der Waals surface area contributed by atoms with Gasteiger partial charge in [0, 0.05) is 0 Å². The van der Waals surface area contributed by atoms with Gasteiger partial charge in [-0.3, -0.25) is 0 Å². The number of ether oxygens (including phenoxy) is 3. The molecule has 4 atom stereocenters. The molecule has 7 heteroatoms. The fourth-order valence-electron chi connectivity index (χ4n) is 2.78. The number of sulfone groups is 1. The summed E-state index contributed by atoms with van der Waals surface area (Å²) in [6, 6.07) is 8.07. The van der Waals surface area contributed by atoms with E-state index in [2.05, 4.69) is 0 Å². The van der Waals surface area contributed by atoms with Gasteiger partial charge in [-0.25, -0.2) is 8.42 Å². The van der Waals surface area contributed by atoms with Gasteiger partial charge < -0.3 is 19.3 Å². The van der Waals surface area contributed by atoms with Gasteiger partial charge in [0.25, 0.3) is 0 Å². The lowest BCUT2D eigenvalue weighted by Crippen LogP contribution is -2.35. The van der Waals surface area contributed by atoms with Crippen molar-refractivity contribution in [2.45, 2.75) is 48.3 Å². The molecule has 0 bridgehead atoms. The van der Waals surface area contributed by atoms with Crippen molar-refractivity contribution in [3.63, 3.8) is 0 Å². The highest BCUT2D eigenvalue weighted by Gasteiger charge is 2.59. The van der Waals surface area contributed by atoms with Gasteiger partial charge in [-0.15, -0.1) is 0 Å². The van der Waals surface area contributed by atoms with Gasteiger partial charge in [-0.2, -0.15) is 0 Å². The van der Waals surface area contributed by atoms with E-state index in [-0.39, 0.29) is 11.5 Å². The third-order valence-electron chi connectivity index (χ3n) is 3.66. The van der Waals surface area contributed by atoms with Crippen LogP contribution in [-0.4, -0.2) is 49.7 Å². The number of rotatable bonds is 3. The van der Waals surface area contributed by atoms with Crippen LogP contribution in [-0.2, 0) is 24.0 Å². The van der Waals surface area contributed by atoms with Crippen molar-refractivity contribution in [2.75, 3.05) is 6.61 Å². The van der Waals surface area contributed by atoms with Crippen LogP contribution in [0.4, 0.5) is 0 Å². The molecule has 0 aliphatic carbocycles. The Balaban J connectivity index is 1.96. The number of hydrogen-bond acceptors (Lipinski definition) is 6. The average Bonchev–Trinajstić information content (AvgIpc) is 2.92. The minimum atomic E-state index is -3.72. The normalized spacial score (nSPS) is 34.8. The van der Waals surface area contributed by atoms with Crippen LogP contribution in [0.5, 0.6) is 0 Å². The fourth-order valence-corrected chi connectivity index (χ4v) is 4.44. The maximum atomic E-state index is 12.7. The van der Waals surface area contributed by atoms with Crippen LogP contribution >= 0.6 is 0 Å². The van der Waals surface area contributed by atoms with Gasteiger partial charge in [-0.1, -0.05) is 18.2 Å². The summed E-state index contributed by atoms with van der Waals surface area (Å²) >= 11 is 0. The first-order valence-electron chi connectivity index (χ1n) is 6.76. The minimum absolute atomic E-state index is 0.167. The Morgan fingerprint density at radius 3 is 2.38 bits per heavy atom. The van der Waals surface area contributed by atoms with E-state index >= 15 is 0 Å². The first kappa shape index (κ1) is 14.9. The van der Waals surface area contributed by atoms with Gasteiger partial charge in [0.2, 0.25) is 9.84 Å². The van der Waals surface area contributed by atoms with Crippen molar-refractivity contribution < 1.29 is 27.7 Å². The molecular formula is C14H18O6S. The molecular weight excluding hydrogens is 296 g/mol.